The number of aromatic nitrogens is 1. The van der Waals surface area contributed by atoms with Gasteiger partial charge in [-0.1, -0.05) is 30.7 Å². The van der Waals surface area contributed by atoms with Crippen LogP contribution in [0.25, 0.3) is 10.9 Å². The van der Waals surface area contributed by atoms with E-state index >= 15 is 0 Å². The lowest BCUT2D eigenvalue weighted by Gasteiger charge is -2.22. The molecule has 0 aliphatic rings. The summed E-state index contributed by atoms with van der Waals surface area (Å²) in [6.07, 6.45) is 0.962. The van der Waals surface area contributed by atoms with Gasteiger partial charge in [0.05, 0.1) is 5.52 Å². The predicted octanol–water partition coefficient (Wildman–Crippen LogP) is 4.76. The van der Waals surface area contributed by atoms with Gasteiger partial charge in [0, 0.05) is 30.2 Å². The number of amides is 2. The lowest BCUT2D eigenvalue weighted by molar-refractivity contribution is 0.212. The molecule has 5 nitrogen and oxygen atoms in total. The highest BCUT2D eigenvalue weighted by atomic mass is 16.2. The zero-order valence-corrected chi connectivity index (χ0v) is 16.9. The Bertz CT molecular complexity index is 1050. The number of aryl methyl sites for hydroxylation is 3. The van der Waals surface area contributed by atoms with Crippen molar-refractivity contribution in [2.75, 3.05) is 11.9 Å². The Balaban J connectivity index is 1.87. The Morgan fingerprint density at radius 1 is 1.07 bits per heavy atom. The molecule has 146 valence electrons. The van der Waals surface area contributed by atoms with E-state index < -0.39 is 0 Å². The molecule has 0 unspecified atom stereocenters. The first-order valence-corrected chi connectivity index (χ1v) is 9.69. The summed E-state index contributed by atoms with van der Waals surface area (Å²) in [5.74, 6) is 0. The van der Waals surface area contributed by atoms with Crippen LogP contribution in [0, 0.1) is 13.8 Å². The lowest BCUT2D eigenvalue weighted by atomic mass is 10.0. The van der Waals surface area contributed by atoms with Crippen molar-refractivity contribution >= 4 is 22.6 Å². The van der Waals surface area contributed by atoms with Gasteiger partial charge in [-0.3, -0.25) is 4.79 Å². The van der Waals surface area contributed by atoms with Crippen molar-refractivity contribution < 1.29 is 4.79 Å². The summed E-state index contributed by atoms with van der Waals surface area (Å²) in [4.78, 5) is 29.6. The fourth-order valence-corrected chi connectivity index (χ4v) is 3.47. The van der Waals surface area contributed by atoms with Crippen LogP contribution in [0.2, 0.25) is 0 Å². The van der Waals surface area contributed by atoms with Crippen LogP contribution in [0.1, 0.15) is 36.1 Å². The van der Waals surface area contributed by atoms with Crippen molar-refractivity contribution in [2.24, 2.45) is 0 Å². The topological polar surface area (TPSA) is 65.2 Å². The number of fused-ring (bicyclic) bond motifs is 1. The van der Waals surface area contributed by atoms with Crippen LogP contribution in [-0.4, -0.2) is 22.5 Å². The number of rotatable bonds is 5. The van der Waals surface area contributed by atoms with Gasteiger partial charge in [-0.15, -0.1) is 0 Å². The molecule has 3 rings (SSSR count). The van der Waals surface area contributed by atoms with E-state index in [4.69, 9.17) is 0 Å². The van der Waals surface area contributed by atoms with Gasteiger partial charge in [-0.2, -0.15) is 0 Å². The molecule has 3 aromatic rings. The van der Waals surface area contributed by atoms with E-state index in [1.165, 1.54) is 5.56 Å². The number of hydrogen-bond donors (Lipinski definition) is 2. The highest BCUT2D eigenvalue weighted by Gasteiger charge is 2.15. The SMILES string of the molecule is CCc1ccc(NC(=O)N(CC)Cc2cc(=O)[nH]c3c(C)cc(C)cc23)cc1. The summed E-state index contributed by atoms with van der Waals surface area (Å²) < 4.78 is 0. The maximum absolute atomic E-state index is 12.8. The van der Waals surface area contributed by atoms with Crippen molar-refractivity contribution in [3.63, 3.8) is 0 Å². The molecule has 2 amide bonds. The molecule has 0 saturated heterocycles. The molecule has 0 aliphatic carbocycles. The van der Waals surface area contributed by atoms with Crippen molar-refractivity contribution in [2.45, 2.75) is 40.7 Å². The van der Waals surface area contributed by atoms with Gasteiger partial charge in [-0.05, 0) is 62.1 Å². The number of benzene rings is 2. The third-order valence-corrected chi connectivity index (χ3v) is 5.02. The fraction of sp³-hybridized carbons (Fsp3) is 0.304. The second kappa shape index (κ2) is 8.30. The van der Waals surface area contributed by atoms with Crippen molar-refractivity contribution in [3.05, 3.63) is 75.1 Å². The average molecular weight is 377 g/mol. The van der Waals surface area contributed by atoms with E-state index in [0.29, 0.717) is 13.1 Å². The standard InChI is InChI=1S/C23H27N3O2/c1-5-17-7-9-19(10-8-17)24-23(28)26(6-2)14-18-13-21(27)25-22-16(4)11-15(3)12-20(18)22/h7-13H,5-6,14H2,1-4H3,(H,24,28)(H,25,27). The number of anilines is 1. The predicted molar refractivity (Wildman–Crippen MR) is 115 cm³/mol. The highest BCUT2D eigenvalue weighted by molar-refractivity contribution is 5.90. The number of aromatic amines is 1. The van der Waals surface area contributed by atoms with Crippen LogP contribution >= 0.6 is 0 Å². The summed E-state index contributed by atoms with van der Waals surface area (Å²) in [5, 5.41) is 3.93. The molecule has 0 saturated carbocycles. The molecule has 28 heavy (non-hydrogen) atoms. The van der Waals surface area contributed by atoms with Crippen LogP contribution < -0.4 is 10.9 Å². The molecular weight excluding hydrogens is 350 g/mol. The summed E-state index contributed by atoms with van der Waals surface area (Å²) in [6, 6.07) is 13.4. The first-order valence-electron chi connectivity index (χ1n) is 9.69. The van der Waals surface area contributed by atoms with E-state index in [0.717, 1.165) is 39.7 Å². The number of carbonyl (C=O) groups excluding carboxylic acids is 1. The van der Waals surface area contributed by atoms with Gasteiger partial charge < -0.3 is 15.2 Å². The van der Waals surface area contributed by atoms with Crippen LogP contribution in [0.4, 0.5) is 10.5 Å². The normalized spacial score (nSPS) is 10.9. The van der Waals surface area contributed by atoms with Gasteiger partial charge in [0.15, 0.2) is 0 Å². The molecule has 2 aromatic carbocycles. The summed E-state index contributed by atoms with van der Waals surface area (Å²) >= 11 is 0. The first-order chi connectivity index (χ1) is 13.4. The van der Waals surface area contributed by atoms with E-state index in [2.05, 4.69) is 23.3 Å². The maximum Gasteiger partial charge on any atom is 0.322 e. The number of H-pyrrole nitrogens is 1. The smallest absolute Gasteiger partial charge is 0.322 e. The Morgan fingerprint density at radius 3 is 2.43 bits per heavy atom. The minimum atomic E-state index is -0.176. The number of urea groups is 1. The third-order valence-electron chi connectivity index (χ3n) is 5.02. The Kier molecular flexibility index (Phi) is 5.83. The maximum atomic E-state index is 12.8. The first kappa shape index (κ1) is 19.7. The molecular formula is C23H27N3O2. The number of hydrogen-bond acceptors (Lipinski definition) is 2. The van der Waals surface area contributed by atoms with Crippen molar-refractivity contribution in [3.8, 4) is 0 Å². The van der Waals surface area contributed by atoms with Crippen molar-refractivity contribution in [1.29, 1.82) is 0 Å². The molecule has 5 heteroatoms. The summed E-state index contributed by atoms with van der Waals surface area (Å²) in [6.45, 7) is 8.97. The van der Waals surface area contributed by atoms with Crippen LogP contribution in [0.5, 0.6) is 0 Å². The number of carbonyl (C=O) groups is 1. The number of pyridine rings is 1. The number of nitrogens with zero attached hydrogens (tertiary/aromatic N) is 1. The summed E-state index contributed by atoms with van der Waals surface area (Å²) in [7, 11) is 0. The summed E-state index contributed by atoms with van der Waals surface area (Å²) in [5.41, 5.74) is 5.68. The van der Waals surface area contributed by atoms with Crippen LogP contribution in [0.15, 0.2) is 47.3 Å². The second-order valence-corrected chi connectivity index (χ2v) is 7.16. The van der Waals surface area contributed by atoms with Gasteiger partial charge in [0.2, 0.25) is 5.56 Å². The molecule has 1 aromatic heterocycles. The minimum absolute atomic E-state index is 0.152. The van der Waals surface area contributed by atoms with Crippen molar-refractivity contribution in [1.82, 2.24) is 9.88 Å². The number of nitrogens with one attached hydrogen (secondary N) is 2. The van der Waals surface area contributed by atoms with Crippen LogP contribution in [0.3, 0.4) is 0 Å². The quantitative estimate of drug-likeness (QED) is 0.673. The third kappa shape index (κ3) is 4.25. The second-order valence-electron chi connectivity index (χ2n) is 7.16. The van der Waals surface area contributed by atoms with Gasteiger partial charge in [0.25, 0.3) is 0 Å². The largest absolute Gasteiger partial charge is 0.322 e. The minimum Gasteiger partial charge on any atom is -0.322 e. The van der Waals surface area contributed by atoms with Gasteiger partial charge in [0.1, 0.15) is 0 Å². The van der Waals surface area contributed by atoms with Gasteiger partial charge in [-0.25, -0.2) is 4.79 Å². The Morgan fingerprint density at radius 2 is 1.79 bits per heavy atom. The molecule has 0 bridgehead atoms. The zero-order valence-electron chi connectivity index (χ0n) is 16.9. The van der Waals surface area contributed by atoms with E-state index in [1.54, 1.807) is 11.0 Å². The van der Waals surface area contributed by atoms with Gasteiger partial charge >= 0.3 is 6.03 Å². The molecule has 0 radical (unpaired) electrons. The van der Waals surface area contributed by atoms with E-state index in [9.17, 15) is 9.59 Å². The lowest BCUT2D eigenvalue weighted by Crippen LogP contribution is -2.34. The molecule has 0 spiro atoms. The zero-order chi connectivity index (χ0) is 20.3. The highest BCUT2D eigenvalue weighted by Crippen LogP contribution is 2.22. The van der Waals surface area contributed by atoms with Crippen LogP contribution in [-0.2, 0) is 13.0 Å². The molecule has 0 atom stereocenters. The Hall–Kier alpha value is -3.08. The molecule has 0 aliphatic heterocycles. The Labute approximate surface area is 165 Å². The fourth-order valence-electron chi connectivity index (χ4n) is 3.47. The molecule has 0 fully saturated rings. The molecule has 1 heterocycles. The monoisotopic (exact) mass is 377 g/mol. The molecule has 2 N–H and O–H groups in total. The van der Waals surface area contributed by atoms with E-state index in [-0.39, 0.29) is 11.6 Å². The van der Waals surface area contributed by atoms with E-state index in [1.807, 2.05) is 51.1 Å². The average Bonchev–Trinajstić information content (AvgIpc) is 2.67.